The molecular formula is C20H18O4. The maximum absolute atomic E-state index is 12.4. The van der Waals surface area contributed by atoms with Gasteiger partial charge < -0.3 is 9.47 Å². The molecule has 2 aromatic carbocycles. The molecule has 4 rings (SSSR count). The lowest BCUT2D eigenvalue weighted by Crippen LogP contribution is -2.53. The van der Waals surface area contributed by atoms with Gasteiger partial charge in [-0.05, 0) is 22.3 Å². The van der Waals surface area contributed by atoms with Crippen molar-refractivity contribution in [2.45, 2.75) is 11.8 Å². The Morgan fingerprint density at radius 3 is 1.46 bits per heavy atom. The van der Waals surface area contributed by atoms with E-state index in [0.29, 0.717) is 0 Å². The van der Waals surface area contributed by atoms with E-state index in [1.165, 1.54) is 14.2 Å². The summed E-state index contributed by atoms with van der Waals surface area (Å²) in [6.45, 7) is 0. The molecule has 0 N–H and O–H groups in total. The van der Waals surface area contributed by atoms with Gasteiger partial charge in [-0.2, -0.15) is 0 Å². The molecule has 0 spiro atoms. The van der Waals surface area contributed by atoms with Crippen molar-refractivity contribution < 1.29 is 19.1 Å². The summed E-state index contributed by atoms with van der Waals surface area (Å²) in [5.41, 5.74) is 4.48. The van der Waals surface area contributed by atoms with Gasteiger partial charge in [0.25, 0.3) is 0 Å². The van der Waals surface area contributed by atoms with E-state index < -0.39 is 11.8 Å². The van der Waals surface area contributed by atoms with Crippen molar-refractivity contribution in [3.05, 3.63) is 59.7 Å². The fraction of sp³-hybridized carbons (Fsp3) is 0.300. The van der Waals surface area contributed by atoms with Crippen LogP contribution in [0.5, 0.6) is 0 Å². The van der Waals surface area contributed by atoms with Gasteiger partial charge in [-0.25, -0.2) is 0 Å². The lowest BCUT2D eigenvalue weighted by Gasteiger charge is -2.52. The molecule has 0 amide bonds. The van der Waals surface area contributed by atoms with Crippen LogP contribution in [-0.2, 0) is 19.1 Å². The van der Waals surface area contributed by atoms with Crippen molar-refractivity contribution in [2.75, 3.05) is 14.2 Å². The van der Waals surface area contributed by atoms with Gasteiger partial charge in [-0.15, -0.1) is 0 Å². The lowest BCUT2D eigenvalue weighted by molar-refractivity contribution is -0.168. The molecule has 0 bridgehead atoms. The molecule has 1 saturated carbocycles. The number of esters is 2. The zero-order chi connectivity index (χ0) is 16.8. The third kappa shape index (κ3) is 1.86. The van der Waals surface area contributed by atoms with Crippen molar-refractivity contribution in [1.82, 2.24) is 0 Å². The second kappa shape index (κ2) is 5.48. The summed E-state index contributed by atoms with van der Waals surface area (Å²) in [5, 5.41) is 0. The molecule has 2 aliphatic rings. The van der Waals surface area contributed by atoms with Gasteiger partial charge in [-0.3, -0.25) is 9.59 Å². The standard InChI is InChI=1S/C20H18O4/c1-23-19(21)17-15-13-9-5-3-7-11(13)12-8-4-6-10-14(12)16(15)18(17)20(22)24-2/h3-10,15-18H,1-2H3/t15-,16+,17-,18-/m0/s1. The molecule has 2 aromatic rings. The number of rotatable bonds is 2. The highest BCUT2D eigenvalue weighted by atomic mass is 16.5. The molecule has 0 heterocycles. The molecule has 4 heteroatoms. The molecule has 122 valence electrons. The first-order valence-electron chi connectivity index (χ1n) is 8.03. The van der Waals surface area contributed by atoms with E-state index in [-0.39, 0.29) is 23.8 Å². The number of carbonyl (C=O) groups is 2. The monoisotopic (exact) mass is 322 g/mol. The average molecular weight is 322 g/mol. The van der Waals surface area contributed by atoms with Gasteiger partial charge >= 0.3 is 11.9 Å². The van der Waals surface area contributed by atoms with Crippen LogP contribution in [0.1, 0.15) is 23.0 Å². The van der Waals surface area contributed by atoms with Crippen molar-refractivity contribution in [2.24, 2.45) is 11.8 Å². The predicted octanol–water partition coefficient (Wildman–Crippen LogP) is 3.13. The summed E-state index contributed by atoms with van der Waals surface area (Å²) in [6.07, 6.45) is 0. The molecular weight excluding hydrogens is 304 g/mol. The zero-order valence-corrected chi connectivity index (χ0v) is 13.6. The minimum Gasteiger partial charge on any atom is -0.469 e. The predicted molar refractivity (Wildman–Crippen MR) is 88.4 cm³/mol. The number of methoxy groups -OCH3 is 2. The summed E-state index contributed by atoms with van der Waals surface area (Å²) >= 11 is 0. The summed E-state index contributed by atoms with van der Waals surface area (Å²) < 4.78 is 9.97. The minimum absolute atomic E-state index is 0.0485. The van der Waals surface area contributed by atoms with Crippen LogP contribution in [0.3, 0.4) is 0 Å². The third-order valence-electron chi connectivity index (χ3n) is 5.42. The first-order chi connectivity index (χ1) is 11.7. The molecule has 2 aliphatic carbocycles. The molecule has 0 saturated heterocycles. The quantitative estimate of drug-likeness (QED) is 0.797. The molecule has 4 atom stereocenters. The summed E-state index contributed by atoms with van der Waals surface area (Å²) in [6, 6.07) is 16.2. The Labute approximate surface area is 140 Å². The van der Waals surface area contributed by atoms with Crippen LogP contribution in [-0.4, -0.2) is 26.2 Å². The number of benzene rings is 2. The van der Waals surface area contributed by atoms with E-state index in [9.17, 15) is 9.59 Å². The third-order valence-corrected chi connectivity index (χ3v) is 5.42. The fourth-order valence-electron chi connectivity index (χ4n) is 4.45. The first kappa shape index (κ1) is 14.9. The SMILES string of the molecule is COC(=O)[C@@H]1[C@@H](C(=O)OC)[C@@H]2c3ccccc3-c3ccccc3[C@H]12. The highest BCUT2D eigenvalue weighted by Gasteiger charge is 2.61. The van der Waals surface area contributed by atoms with Gasteiger partial charge in [0.15, 0.2) is 0 Å². The highest BCUT2D eigenvalue weighted by Crippen LogP contribution is 2.63. The second-order valence-electron chi connectivity index (χ2n) is 6.32. The first-order valence-corrected chi connectivity index (χ1v) is 8.03. The van der Waals surface area contributed by atoms with Gasteiger partial charge in [0.05, 0.1) is 26.1 Å². The van der Waals surface area contributed by atoms with Crippen LogP contribution in [0.2, 0.25) is 0 Å². The van der Waals surface area contributed by atoms with Crippen LogP contribution in [0.25, 0.3) is 11.1 Å². The number of ether oxygens (including phenoxy) is 2. The van der Waals surface area contributed by atoms with Crippen LogP contribution < -0.4 is 0 Å². The summed E-state index contributed by atoms with van der Waals surface area (Å²) in [5.74, 6) is -1.79. The van der Waals surface area contributed by atoms with E-state index in [1.54, 1.807) is 0 Å². The number of hydrogen-bond acceptors (Lipinski definition) is 4. The van der Waals surface area contributed by atoms with E-state index in [2.05, 4.69) is 12.1 Å². The number of carbonyl (C=O) groups excluding carboxylic acids is 2. The van der Waals surface area contributed by atoms with E-state index in [1.807, 2.05) is 36.4 Å². The van der Waals surface area contributed by atoms with E-state index in [4.69, 9.17) is 9.47 Å². The maximum Gasteiger partial charge on any atom is 0.310 e. The molecule has 4 nitrogen and oxygen atoms in total. The lowest BCUT2D eigenvalue weighted by atomic mass is 9.49. The number of hydrogen-bond donors (Lipinski definition) is 0. The Kier molecular flexibility index (Phi) is 3.41. The van der Waals surface area contributed by atoms with Crippen molar-refractivity contribution in [3.63, 3.8) is 0 Å². The molecule has 0 unspecified atom stereocenters. The van der Waals surface area contributed by atoms with Crippen LogP contribution in [0.15, 0.2) is 48.5 Å². The molecule has 0 aromatic heterocycles. The smallest absolute Gasteiger partial charge is 0.310 e. The van der Waals surface area contributed by atoms with Crippen molar-refractivity contribution in [3.8, 4) is 11.1 Å². The second-order valence-corrected chi connectivity index (χ2v) is 6.32. The Hall–Kier alpha value is -2.62. The maximum atomic E-state index is 12.4. The molecule has 1 fully saturated rings. The minimum atomic E-state index is -0.498. The van der Waals surface area contributed by atoms with Crippen LogP contribution in [0, 0.1) is 11.8 Å². The highest BCUT2D eigenvalue weighted by molar-refractivity contribution is 5.90. The van der Waals surface area contributed by atoms with E-state index in [0.717, 1.165) is 22.3 Å². The topological polar surface area (TPSA) is 52.6 Å². The van der Waals surface area contributed by atoms with Crippen LogP contribution in [0.4, 0.5) is 0 Å². The molecule has 24 heavy (non-hydrogen) atoms. The average Bonchev–Trinajstić information content (AvgIpc) is 2.61. The Balaban J connectivity index is 1.92. The van der Waals surface area contributed by atoms with Gasteiger partial charge in [-0.1, -0.05) is 48.5 Å². The summed E-state index contributed by atoms with van der Waals surface area (Å²) in [7, 11) is 2.74. The zero-order valence-electron chi connectivity index (χ0n) is 13.6. The molecule has 0 aliphatic heterocycles. The Morgan fingerprint density at radius 2 is 1.08 bits per heavy atom. The normalized spacial score (nSPS) is 26.2. The number of fused-ring (bicyclic) bond motifs is 6. The van der Waals surface area contributed by atoms with Gasteiger partial charge in [0.1, 0.15) is 0 Å². The van der Waals surface area contributed by atoms with Crippen molar-refractivity contribution in [1.29, 1.82) is 0 Å². The largest absolute Gasteiger partial charge is 0.469 e. The molecule has 0 radical (unpaired) electrons. The Morgan fingerprint density at radius 1 is 0.708 bits per heavy atom. The van der Waals surface area contributed by atoms with Crippen molar-refractivity contribution >= 4 is 11.9 Å². The fourth-order valence-corrected chi connectivity index (χ4v) is 4.45. The van der Waals surface area contributed by atoms with Gasteiger partial charge in [0.2, 0.25) is 0 Å². The van der Waals surface area contributed by atoms with Crippen LogP contribution >= 0.6 is 0 Å². The Bertz CT molecular complexity index is 756. The van der Waals surface area contributed by atoms with Gasteiger partial charge in [0, 0.05) is 11.8 Å². The summed E-state index contributed by atoms with van der Waals surface area (Å²) in [4.78, 5) is 24.7. The van der Waals surface area contributed by atoms with E-state index >= 15 is 0 Å².